The van der Waals surface area contributed by atoms with Crippen molar-refractivity contribution < 1.29 is 19.4 Å². The Balaban J connectivity index is 1.30. The minimum atomic E-state index is -0.751. The molecule has 36 heavy (non-hydrogen) atoms. The zero-order valence-electron chi connectivity index (χ0n) is 19.9. The van der Waals surface area contributed by atoms with Crippen molar-refractivity contribution in [3.05, 3.63) is 89.9 Å². The quantitative estimate of drug-likeness (QED) is 0.297. The molecule has 0 unspecified atom stereocenters. The number of carboxylic acid groups (broad SMARTS) is 1. The first-order chi connectivity index (χ1) is 17.4. The van der Waals surface area contributed by atoms with Gasteiger partial charge in [0, 0.05) is 6.20 Å². The first-order valence-electron chi connectivity index (χ1n) is 11.7. The monoisotopic (exact) mass is 499 g/mol. The maximum Gasteiger partial charge on any atom is 0.412 e. The van der Waals surface area contributed by atoms with E-state index in [4.69, 9.17) is 4.74 Å². The fraction of sp³-hybridized carbons (Fsp3) is 0.214. The summed E-state index contributed by atoms with van der Waals surface area (Å²) in [5.41, 5.74) is 5.12. The Morgan fingerprint density at radius 3 is 2.22 bits per heavy atom. The van der Waals surface area contributed by atoms with Crippen molar-refractivity contribution in [2.45, 2.75) is 38.2 Å². The van der Waals surface area contributed by atoms with Crippen LogP contribution in [0.2, 0.25) is 0 Å². The number of aryl methyl sites for hydroxylation is 1. The molecule has 5 rings (SSSR count). The number of amides is 1. The summed E-state index contributed by atoms with van der Waals surface area (Å²) in [5.74, 6) is -0.751. The Labute approximate surface area is 213 Å². The van der Waals surface area contributed by atoms with Crippen LogP contribution in [0.4, 0.5) is 10.5 Å². The predicted molar refractivity (Wildman–Crippen MR) is 139 cm³/mol. The molecule has 7 nitrogen and oxygen atoms in total. The second kappa shape index (κ2) is 9.54. The zero-order chi connectivity index (χ0) is 25.3. The Morgan fingerprint density at radius 2 is 1.64 bits per heavy atom. The molecule has 0 saturated heterocycles. The van der Waals surface area contributed by atoms with Crippen LogP contribution in [0, 0.1) is 6.92 Å². The van der Waals surface area contributed by atoms with Gasteiger partial charge in [-0.05, 0) is 72.6 Å². The highest BCUT2D eigenvalue weighted by Gasteiger charge is 2.51. The molecule has 2 aromatic carbocycles. The number of carboxylic acids is 1. The highest BCUT2D eigenvalue weighted by Crippen LogP contribution is 2.48. The van der Waals surface area contributed by atoms with E-state index >= 15 is 0 Å². The van der Waals surface area contributed by atoms with Crippen molar-refractivity contribution in [3.63, 3.8) is 0 Å². The molecule has 1 fully saturated rings. The minimum absolute atomic E-state index is 0.488. The predicted octanol–water partition coefficient (Wildman–Crippen LogP) is 6.61. The van der Waals surface area contributed by atoms with Crippen molar-refractivity contribution in [2.75, 3.05) is 5.32 Å². The Kier molecular flexibility index (Phi) is 6.28. The number of carbonyl (C=O) groups is 2. The van der Waals surface area contributed by atoms with E-state index in [2.05, 4.69) is 14.7 Å². The highest BCUT2D eigenvalue weighted by molar-refractivity contribution is 7.10. The van der Waals surface area contributed by atoms with Gasteiger partial charge in [-0.15, -0.1) is 0 Å². The number of rotatable bonds is 7. The molecule has 8 heteroatoms. The maximum absolute atomic E-state index is 12.6. The van der Waals surface area contributed by atoms with Crippen LogP contribution in [0.5, 0.6) is 0 Å². The summed E-state index contributed by atoms with van der Waals surface area (Å²) in [6.45, 7) is 3.62. The maximum atomic E-state index is 12.6. The summed E-state index contributed by atoms with van der Waals surface area (Å²) in [4.78, 5) is 29.2. The van der Waals surface area contributed by atoms with Crippen LogP contribution < -0.4 is 5.32 Å². The fourth-order valence-electron chi connectivity index (χ4n) is 4.23. The number of pyridine rings is 1. The average Bonchev–Trinajstić information content (AvgIpc) is 3.64. The lowest BCUT2D eigenvalue weighted by Gasteiger charge is -2.14. The molecule has 2 heterocycles. The highest BCUT2D eigenvalue weighted by atomic mass is 32.1. The van der Waals surface area contributed by atoms with Gasteiger partial charge in [-0.1, -0.05) is 54.6 Å². The first kappa shape index (κ1) is 23.7. The number of ether oxygens (including phenoxy) is 1. The lowest BCUT2D eigenvalue weighted by Crippen LogP contribution is -2.19. The average molecular weight is 500 g/mol. The van der Waals surface area contributed by atoms with E-state index in [-0.39, 0.29) is 0 Å². The topological polar surface area (TPSA) is 101 Å². The van der Waals surface area contributed by atoms with E-state index in [1.165, 1.54) is 11.5 Å². The van der Waals surface area contributed by atoms with Crippen LogP contribution in [-0.2, 0) is 14.9 Å². The molecule has 182 valence electrons. The van der Waals surface area contributed by atoms with E-state index in [1.807, 2.05) is 73.7 Å². The molecule has 0 radical (unpaired) electrons. The number of hydrogen-bond donors (Lipinski definition) is 2. The molecule has 0 bridgehead atoms. The second-order valence-corrected chi connectivity index (χ2v) is 9.71. The number of hydrogen-bond acceptors (Lipinski definition) is 6. The number of carbonyl (C=O) groups excluding carboxylic acids is 1. The molecule has 2 N–H and O–H groups in total. The smallest absolute Gasteiger partial charge is 0.412 e. The summed E-state index contributed by atoms with van der Waals surface area (Å²) >= 11 is 1.31. The molecule has 1 atom stereocenters. The molecular formula is C28H25N3O4S. The van der Waals surface area contributed by atoms with Gasteiger partial charge in [0.25, 0.3) is 0 Å². The van der Waals surface area contributed by atoms with Gasteiger partial charge in [-0.2, -0.15) is 4.37 Å². The number of nitrogens with one attached hydrogen (secondary N) is 1. The summed E-state index contributed by atoms with van der Waals surface area (Å²) in [7, 11) is 0. The van der Waals surface area contributed by atoms with Crippen molar-refractivity contribution in [1.29, 1.82) is 0 Å². The van der Waals surface area contributed by atoms with Crippen molar-refractivity contribution >= 4 is 29.3 Å². The molecular weight excluding hydrogens is 474 g/mol. The molecule has 1 saturated carbocycles. The second-order valence-electron chi connectivity index (χ2n) is 8.94. The lowest BCUT2D eigenvalue weighted by molar-refractivity contribution is -0.140. The third-order valence-electron chi connectivity index (χ3n) is 6.56. The minimum Gasteiger partial charge on any atom is -0.481 e. The number of benzene rings is 2. The van der Waals surface area contributed by atoms with Gasteiger partial charge in [0.05, 0.1) is 27.4 Å². The summed E-state index contributed by atoms with van der Waals surface area (Å²) in [6.07, 6.45) is 1.99. The van der Waals surface area contributed by atoms with E-state index in [0.717, 1.165) is 27.1 Å². The summed E-state index contributed by atoms with van der Waals surface area (Å²) in [5, 5.41) is 12.4. The number of nitrogens with zero attached hydrogens (tertiary/aromatic N) is 2. The van der Waals surface area contributed by atoms with Crippen LogP contribution >= 0.6 is 11.5 Å². The Morgan fingerprint density at radius 1 is 1.00 bits per heavy atom. The molecule has 2 aromatic heterocycles. The number of aromatic nitrogens is 2. The van der Waals surface area contributed by atoms with Crippen LogP contribution in [0.15, 0.2) is 72.9 Å². The first-order valence-corrected chi connectivity index (χ1v) is 12.4. The van der Waals surface area contributed by atoms with Crippen LogP contribution in [0.3, 0.4) is 0 Å². The van der Waals surface area contributed by atoms with Gasteiger partial charge >= 0.3 is 12.1 Å². The van der Waals surface area contributed by atoms with Gasteiger partial charge < -0.3 is 9.84 Å². The van der Waals surface area contributed by atoms with Gasteiger partial charge in [-0.3, -0.25) is 15.1 Å². The number of anilines is 1. The molecule has 4 aromatic rings. The molecule has 0 aliphatic heterocycles. The fourth-order valence-corrected chi connectivity index (χ4v) is 5.08. The summed E-state index contributed by atoms with van der Waals surface area (Å²) < 4.78 is 9.94. The van der Waals surface area contributed by atoms with Gasteiger partial charge in [-0.25, -0.2) is 4.79 Å². The van der Waals surface area contributed by atoms with Gasteiger partial charge in [0.2, 0.25) is 0 Å². The van der Waals surface area contributed by atoms with Crippen LogP contribution in [0.1, 0.15) is 42.8 Å². The van der Waals surface area contributed by atoms with Gasteiger partial charge in [0.15, 0.2) is 0 Å². The normalized spacial score (nSPS) is 14.6. The van der Waals surface area contributed by atoms with E-state index in [1.54, 1.807) is 13.1 Å². The third-order valence-corrected chi connectivity index (χ3v) is 7.54. The standard InChI is InChI=1S/C28H25N3O4S/c1-17-24(30-27(34)35-18(2)23-5-3-4-16-29-23)25(36-31-17)21-8-6-19(7-9-21)20-10-12-22(13-11-20)28(14-15-28)26(32)33/h3-13,16,18H,14-15H2,1-2H3,(H,30,34)(H,32,33)/t18-/m1/s1. The molecule has 0 spiro atoms. The molecule has 1 aliphatic carbocycles. The van der Waals surface area contributed by atoms with E-state index < -0.39 is 23.6 Å². The zero-order valence-corrected chi connectivity index (χ0v) is 20.7. The SMILES string of the molecule is Cc1nsc(-c2ccc(-c3ccc(C4(C(=O)O)CC4)cc3)cc2)c1NC(=O)O[C@H](C)c1ccccn1. The summed E-state index contributed by atoms with van der Waals surface area (Å²) in [6, 6.07) is 21.2. The Bertz CT molecular complexity index is 1400. The van der Waals surface area contributed by atoms with Gasteiger partial charge in [0.1, 0.15) is 6.10 Å². The Hall–Kier alpha value is -4.04. The van der Waals surface area contributed by atoms with Crippen LogP contribution in [0.25, 0.3) is 21.6 Å². The number of aliphatic carboxylic acids is 1. The van der Waals surface area contributed by atoms with Crippen LogP contribution in [-0.4, -0.2) is 26.5 Å². The lowest BCUT2D eigenvalue weighted by atomic mass is 9.93. The van der Waals surface area contributed by atoms with E-state index in [0.29, 0.717) is 29.9 Å². The molecule has 1 amide bonds. The molecule has 1 aliphatic rings. The van der Waals surface area contributed by atoms with Crippen molar-refractivity contribution in [3.8, 4) is 21.6 Å². The van der Waals surface area contributed by atoms with Crippen molar-refractivity contribution in [1.82, 2.24) is 9.36 Å². The third kappa shape index (κ3) is 4.59. The van der Waals surface area contributed by atoms with E-state index in [9.17, 15) is 14.7 Å². The van der Waals surface area contributed by atoms with Crippen molar-refractivity contribution in [2.24, 2.45) is 0 Å². The largest absolute Gasteiger partial charge is 0.481 e.